The van der Waals surface area contributed by atoms with Gasteiger partial charge >= 0.3 is 0 Å². The topological polar surface area (TPSA) is 93.1 Å². The first-order valence-electron chi connectivity index (χ1n) is 15.2. The van der Waals surface area contributed by atoms with Crippen molar-refractivity contribution >= 4 is 17.6 Å². The molecule has 0 fully saturated rings. The van der Waals surface area contributed by atoms with Crippen LogP contribution in [0.2, 0.25) is 0 Å². The van der Waals surface area contributed by atoms with E-state index in [4.69, 9.17) is 9.47 Å². The fourth-order valence-electron chi connectivity index (χ4n) is 4.70. The molecule has 2 N–H and O–H groups in total. The summed E-state index contributed by atoms with van der Waals surface area (Å²) in [5.41, 5.74) is 6.00. The summed E-state index contributed by atoms with van der Waals surface area (Å²) in [5.74, 6) is 0.723. The minimum atomic E-state index is -0.314. The SMILES string of the molecule is CC(C)=CCOc1ccc(/C=C/C(=O)c2ccccc2O)cc1-c1cc(CCC(=O)c2ccccc2O)ccc1OCC=C(C)C. The van der Waals surface area contributed by atoms with Crippen LogP contribution in [0, 0.1) is 0 Å². The Morgan fingerprint density at radius 1 is 0.674 bits per heavy atom. The van der Waals surface area contributed by atoms with Crippen LogP contribution >= 0.6 is 0 Å². The van der Waals surface area contributed by atoms with Crippen molar-refractivity contribution in [3.63, 3.8) is 0 Å². The third-order valence-electron chi connectivity index (χ3n) is 7.24. The smallest absolute Gasteiger partial charge is 0.189 e. The second kappa shape index (κ2) is 16.1. The lowest BCUT2D eigenvalue weighted by atomic mass is 9.96. The van der Waals surface area contributed by atoms with E-state index in [9.17, 15) is 19.8 Å². The third kappa shape index (κ3) is 9.32. The molecule has 0 aliphatic rings. The van der Waals surface area contributed by atoms with Crippen LogP contribution in [-0.4, -0.2) is 35.0 Å². The summed E-state index contributed by atoms with van der Waals surface area (Å²) in [6, 6.07) is 24.5. The molecule has 6 nitrogen and oxygen atoms in total. The lowest BCUT2D eigenvalue weighted by molar-refractivity contribution is 0.0979. The van der Waals surface area contributed by atoms with Crippen LogP contribution in [0.3, 0.4) is 0 Å². The minimum absolute atomic E-state index is 0.0276. The predicted molar refractivity (Wildman–Crippen MR) is 184 cm³/mol. The fraction of sp³-hybridized carbons (Fsp3) is 0.200. The number of hydrogen-bond donors (Lipinski definition) is 2. The summed E-state index contributed by atoms with van der Waals surface area (Å²) in [6.07, 6.45) is 7.81. The van der Waals surface area contributed by atoms with Crippen LogP contribution in [-0.2, 0) is 6.42 Å². The van der Waals surface area contributed by atoms with E-state index in [-0.39, 0.29) is 35.0 Å². The average Bonchev–Trinajstić information content (AvgIpc) is 3.03. The molecule has 6 heteroatoms. The molecule has 0 atom stereocenters. The van der Waals surface area contributed by atoms with Crippen LogP contribution in [0.4, 0.5) is 0 Å². The van der Waals surface area contributed by atoms with E-state index in [0.717, 1.165) is 33.4 Å². The van der Waals surface area contributed by atoms with Crippen molar-refractivity contribution in [1.29, 1.82) is 0 Å². The minimum Gasteiger partial charge on any atom is -0.507 e. The van der Waals surface area contributed by atoms with Gasteiger partial charge < -0.3 is 19.7 Å². The van der Waals surface area contributed by atoms with E-state index in [2.05, 4.69) is 0 Å². The van der Waals surface area contributed by atoms with E-state index >= 15 is 0 Å². The van der Waals surface area contributed by atoms with Crippen molar-refractivity contribution < 1.29 is 29.3 Å². The summed E-state index contributed by atoms with van der Waals surface area (Å²) in [6.45, 7) is 8.79. The highest BCUT2D eigenvalue weighted by Gasteiger charge is 2.16. The molecule has 0 radical (unpaired) electrons. The third-order valence-corrected chi connectivity index (χ3v) is 7.24. The molecule has 0 unspecified atom stereocenters. The predicted octanol–water partition coefficient (Wildman–Crippen LogP) is 9.17. The molecule has 0 saturated heterocycles. The molecule has 46 heavy (non-hydrogen) atoms. The first kappa shape index (κ1) is 33.5. The fourth-order valence-corrected chi connectivity index (χ4v) is 4.70. The summed E-state index contributed by atoms with van der Waals surface area (Å²) >= 11 is 0. The first-order valence-corrected chi connectivity index (χ1v) is 15.2. The van der Waals surface area contributed by atoms with Crippen molar-refractivity contribution in [2.75, 3.05) is 13.2 Å². The number of aryl methyl sites for hydroxylation is 1. The zero-order chi connectivity index (χ0) is 33.1. The van der Waals surface area contributed by atoms with Gasteiger partial charge in [0.25, 0.3) is 0 Å². The molecule has 0 bridgehead atoms. The molecule has 4 aromatic carbocycles. The van der Waals surface area contributed by atoms with Gasteiger partial charge in [0.15, 0.2) is 11.6 Å². The monoisotopic (exact) mass is 616 g/mol. The number of carbonyl (C=O) groups is 2. The normalized spacial score (nSPS) is 10.8. The number of benzene rings is 4. The van der Waals surface area contributed by atoms with E-state index in [1.54, 1.807) is 42.5 Å². The number of allylic oxidation sites excluding steroid dienone is 3. The molecule has 4 rings (SSSR count). The summed E-state index contributed by atoms with van der Waals surface area (Å²) < 4.78 is 12.5. The molecule has 0 aliphatic heterocycles. The molecular weight excluding hydrogens is 576 g/mol. The highest BCUT2D eigenvalue weighted by molar-refractivity contribution is 6.08. The Balaban J connectivity index is 1.73. The molecular formula is C40H40O6. The second-order valence-electron chi connectivity index (χ2n) is 11.4. The van der Waals surface area contributed by atoms with Crippen molar-refractivity contribution in [3.8, 4) is 34.1 Å². The molecule has 0 aliphatic carbocycles. The number of carbonyl (C=O) groups excluding carboxylic acids is 2. The van der Waals surface area contributed by atoms with Crippen LogP contribution < -0.4 is 9.47 Å². The first-order chi connectivity index (χ1) is 22.1. The zero-order valence-electron chi connectivity index (χ0n) is 26.7. The zero-order valence-corrected chi connectivity index (χ0v) is 26.7. The van der Waals surface area contributed by atoms with Crippen molar-refractivity contribution in [3.05, 3.63) is 137 Å². The second-order valence-corrected chi connectivity index (χ2v) is 11.4. The highest BCUT2D eigenvalue weighted by atomic mass is 16.5. The Morgan fingerprint density at radius 2 is 1.22 bits per heavy atom. The standard InChI is InChI=1S/C40H40O6/c1-27(2)21-23-45-39-19-15-29(13-17-37(43)31-9-5-7-11-35(31)41)25-33(39)34-26-30(16-20-40(34)46-24-22-28(3)4)14-18-38(44)32-10-6-8-12-36(32)42/h5-13,15-17,19-22,25-26,41-42H,14,18,23-24H2,1-4H3/b17-13+. The Kier molecular flexibility index (Phi) is 11.7. The quantitative estimate of drug-likeness (QED) is 0.0834. The van der Waals surface area contributed by atoms with Crippen LogP contribution in [0.15, 0.2) is 114 Å². The van der Waals surface area contributed by atoms with E-state index < -0.39 is 0 Å². The maximum Gasteiger partial charge on any atom is 0.189 e. The van der Waals surface area contributed by atoms with E-state index in [1.807, 2.05) is 76.2 Å². The molecule has 0 saturated carbocycles. The van der Waals surface area contributed by atoms with Gasteiger partial charge in [-0.25, -0.2) is 0 Å². The Bertz CT molecular complexity index is 1790. The maximum absolute atomic E-state index is 12.9. The number of phenolic OH excluding ortho intramolecular Hbond substituents is 2. The number of Topliss-reactive ketones (excluding diaryl/α,β-unsaturated/α-hetero) is 1. The van der Waals surface area contributed by atoms with Crippen molar-refractivity contribution in [2.45, 2.75) is 40.5 Å². The summed E-state index contributed by atoms with van der Waals surface area (Å²) in [7, 11) is 0. The van der Waals surface area contributed by atoms with Gasteiger partial charge in [0.1, 0.15) is 36.2 Å². The summed E-state index contributed by atoms with van der Waals surface area (Å²) in [4.78, 5) is 25.8. The van der Waals surface area contributed by atoms with Gasteiger partial charge in [-0.1, -0.05) is 53.6 Å². The number of rotatable bonds is 14. The summed E-state index contributed by atoms with van der Waals surface area (Å²) in [5, 5.41) is 20.3. The Morgan fingerprint density at radius 3 is 1.80 bits per heavy atom. The molecule has 4 aromatic rings. The Labute approximate surface area is 271 Å². The molecule has 236 valence electrons. The van der Waals surface area contributed by atoms with Gasteiger partial charge in [-0.3, -0.25) is 9.59 Å². The largest absolute Gasteiger partial charge is 0.507 e. The number of para-hydroxylation sites is 2. The molecule has 0 heterocycles. The number of hydrogen-bond acceptors (Lipinski definition) is 6. The van der Waals surface area contributed by atoms with Crippen LogP contribution in [0.25, 0.3) is 17.2 Å². The van der Waals surface area contributed by atoms with Crippen LogP contribution in [0.1, 0.15) is 66.0 Å². The highest BCUT2D eigenvalue weighted by Crippen LogP contribution is 2.39. The van der Waals surface area contributed by atoms with Gasteiger partial charge in [-0.05, 0) is 112 Å². The van der Waals surface area contributed by atoms with Crippen molar-refractivity contribution in [1.82, 2.24) is 0 Å². The van der Waals surface area contributed by atoms with Gasteiger partial charge in [-0.15, -0.1) is 0 Å². The van der Waals surface area contributed by atoms with E-state index in [0.29, 0.717) is 36.7 Å². The van der Waals surface area contributed by atoms with E-state index in [1.165, 1.54) is 18.2 Å². The van der Waals surface area contributed by atoms with Crippen molar-refractivity contribution in [2.24, 2.45) is 0 Å². The maximum atomic E-state index is 12.9. The van der Waals surface area contributed by atoms with Gasteiger partial charge in [0, 0.05) is 17.5 Å². The lowest BCUT2D eigenvalue weighted by Crippen LogP contribution is -2.03. The average molecular weight is 617 g/mol. The van der Waals surface area contributed by atoms with Gasteiger partial charge in [0.2, 0.25) is 0 Å². The Hall–Kier alpha value is -5.36. The number of ether oxygens (including phenoxy) is 2. The number of ketones is 2. The lowest BCUT2D eigenvalue weighted by Gasteiger charge is -2.17. The molecule has 0 aromatic heterocycles. The molecule has 0 spiro atoms. The van der Waals surface area contributed by atoms with Crippen LogP contribution in [0.5, 0.6) is 23.0 Å². The number of aromatic hydroxyl groups is 2. The number of phenols is 2. The molecule has 0 amide bonds. The van der Waals surface area contributed by atoms with Gasteiger partial charge in [-0.2, -0.15) is 0 Å². The van der Waals surface area contributed by atoms with Gasteiger partial charge in [0.05, 0.1) is 11.1 Å².